The van der Waals surface area contributed by atoms with Gasteiger partial charge in [-0.3, -0.25) is 0 Å². The molecule has 0 atom stereocenters. The second-order valence-electron chi connectivity index (χ2n) is 7.70. The number of rotatable bonds is 11. The Labute approximate surface area is 217 Å². The van der Waals surface area contributed by atoms with E-state index in [1.54, 1.807) is 35.4 Å². The Bertz CT molecular complexity index is 1270. The number of esters is 2. The van der Waals surface area contributed by atoms with Gasteiger partial charge in [0.25, 0.3) is 0 Å². The van der Waals surface area contributed by atoms with Crippen LogP contribution in [0.3, 0.4) is 0 Å². The van der Waals surface area contributed by atoms with Gasteiger partial charge in [0.05, 0.1) is 13.2 Å². The number of hydrogen-bond donors (Lipinski definition) is 0. The van der Waals surface area contributed by atoms with Crippen LogP contribution in [-0.4, -0.2) is 38.4 Å². The molecule has 0 fully saturated rings. The van der Waals surface area contributed by atoms with Gasteiger partial charge in [-0.2, -0.15) is 0 Å². The molecular weight excluding hydrogens is 496 g/mol. The number of fused-ring (bicyclic) bond motifs is 2. The molecule has 4 aromatic rings. The zero-order valence-corrected chi connectivity index (χ0v) is 21.7. The molecule has 0 spiro atoms. The highest BCUT2D eigenvalue weighted by Crippen LogP contribution is 2.40. The molecule has 0 radical (unpaired) electrons. The van der Waals surface area contributed by atoms with Crippen LogP contribution in [0.5, 0.6) is 11.5 Å². The van der Waals surface area contributed by atoms with Gasteiger partial charge in [0.1, 0.15) is 11.5 Å². The fourth-order valence-corrected chi connectivity index (χ4v) is 5.46. The highest BCUT2D eigenvalue weighted by molar-refractivity contribution is 8.76. The molecule has 0 N–H and O–H groups in total. The molecule has 0 aliphatic rings. The summed E-state index contributed by atoms with van der Waals surface area (Å²) in [5.41, 5.74) is 0. The van der Waals surface area contributed by atoms with Gasteiger partial charge >= 0.3 is 11.9 Å². The fraction of sp³-hybridized carbons (Fsp3) is 0.214. The summed E-state index contributed by atoms with van der Waals surface area (Å²) in [5.74, 6) is 0.516. The lowest BCUT2D eigenvalue weighted by Crippen LogP contribution is -2.14. The first kappa shape index (κ1) is 25.7. The molecule has 0 aliphatic heterocycles. The maximum atomic E-state index is 11.5. The van der Waals surface area contributed by atoms with Crippen molar-refractivity contribution in [3.8, 4) is 11.5 Å². The summed E-state index contributed by atoms with van der Waals surface area (Å²) in [5, 5.41) is 4.27. The van der Waals surface area contributed by atoms with E-state index in [0.29, 0.717) is 24.7 Å². The summed E-state index contributed by atoms with van der Waals surface area (Å²) in [6.07, 6.45) is 0. The van der Waals surface area contributed by atoms with Crippen LogP contribution in [0.25, 0.3) is 21.5 Å². The Morgan fingerprint density at radius 1 is 0.583 bits per heavy atom. The van der Waals surface area contributed by atoms with Crippen LogP contribution >= 0.6 is 21.6 Å². The summed E-state index contributed by atoms with van der Waals surface area (Å²) < 4.78 is 20.8. The first-order valence-corrected chi connectivity index (χ1v) is 13.7. The van der Waals surface area contributed by atoms with E-state index in [9.17, 15) is 9.59 Å². The van der Waals surface area contributed by atoms with Crippen LogP contribution < -0.4 is 9.47 Å². The maximum Gasteiger partial charge on any atom is 0.344 e. The monoisotopic (exact) mass is 522 g/mol. The van der Waals surface area contributed by atoms with E-state index in [4.69, 9.17) is 18.9 Å². The first-order chi connectivity index (χ1) is 17.5. The predicted octanol–water partition coefficient (Wildman–Crippen LogP) is 6.68. The number of hydrogen-bond acceptors (Lipinski definition) is 8. The van der Waals surface area contributed by atoms with Crippen molar-refractivity contribution < 1.29 is 28.5 Å². The van der Waals surface area contributed by atoms with E-state index >= 15 is 0 Å². The van der Waals surface area contributed by atoms with Crippen LogP contribution in [0, 0.1) is 0 Å². The standard InChI is InChI=1S/C28H26O6S2/c1-3-31-27(29)17-33-23-9-5-21-15-25(11-7-19(21)13-23)35-36-26-12-8-20-14-24(10-6-22(20)16-26)34-18-28(30)32-4-2/h5-16H,3-4,17-18H2,1-2H3. The molecule has 0 saturated heterocycles. The van der Waals surface area contributed by atoms with Crippen LogP contribution in [0.4, 0.5) is 0 Å². The quantitative estimate of drug-likeness (QED) is 0.160. The fourth-order valence-electron chi connectivity index (χ4n) is 3.47. The van der Waals surface area contributed by atoms with Crippen molar-refractivity contribution in [2.24, 2.45) is 0 Å². The lowest BCUT2D eigenvalue weighted by Gasteiger charge is -2.09. The highest BCUT2D eigenvalue weighted by Gasteiger charge is 2.07. The minimum Gasteiger partial charge on any atom is -0.482 e. The average Bonchev–Trinajstić information content (AvgIpc) is 2.89. The van der Waals surface area contributed by atoms with Gasteiger partial charge in [-0.05, 0) is 83.9 Å². The molecule has 8 heteroatoms. The molecule has 0 unspecified atom stereocenters. The molecule has 0 amide bonds. The van der Waals surface area contributed by atoms with Crippen molar-refractivity contribution >= 4 is 55.1 Å². The van der Waals surface area contributed by atoms with Gasteiger partial charge in [0.15, 0.2) is 13.2 Å². The molecule has 4 rings (SSSR count). The van der Waals surface area contributed by atoms with Gasteiger partial charge in [0.2, 0.25) is 0 Å². The van der Waals surface area contributed by atoms with Gasteiger partial charge < -0.3 is 18.9 Å². The van der Waals surface area contributed by atoms with Crippen molar-refractivity contribution in [3.63, 3.8) is 0 Å². The summed E-state index contributed by atoms with van der Waals surface area (Å²) in [6, 6.07) is 24.0. The number of ether oxygens (including phenoxy) is 4. The summed E-state index contributed by atoms with van der Waals surface area (Å²) in [6.45, 7) is 4.02. The molecule has 4 aromatic carbocycles. The number of benzene rings is 4. The van der Waals surface area contributed by atoms with Crippen LogP contribution in [-0.2, 0) is 19.1 Å². The van der Waals surface area contributed by atoms with Crippen LogP contribution in [0.15, 0.2) is 82.6 Å². The molecule has 0 heterocycles. The Morgan fingerprint density at radius 2 is 0.972 bits per heavy atom. The third-order valence-electron chi connectivity index (χ3n) is 5.12. The summed E-state index contributed by atoms with van der Waals surface area (Å²) in [4.78, 5) is 25.3. The van der Waals surface area contributed by atoms with E-state index in [1.807, 2.05) is 48.5 Å². The van der Waals surface area contributed by atoms with Crippen molar-refractivity contribution in [1.82, 2.24) is 0 Å². The molecule has 6 nitrogen and oxygen atoms in total. The summed E-state index contributed by atoms with van der Waals surface area (Å²) in [7, 11) is 3.38. The molecule has 36 heavy (non-hydrogen) atoms. The molecule has 0 aromatic heterocycles. The summed E-state index contributed by atoms with van der Waals surface area (Å²) >= 11 is 0. The Balaban J connectivity index is 1.36. The first-order valence-electron chi connectivity index (χ1n) is 11.5. The topological polar surface area (TPSA) is 71.1 Å². The molecular formula is C28H26O6S2. The second kappa shape index (κ2) is 12.6. The van der Waals surface area contributed by atoms with Crippen molar-refractivity contribution in [3.05, 3.63) is 72.8 Å². The van der Waals surface area contributed by atoms with Gasteiger partial charge in [-0.1, -0.05) is 45.9 Å². The van der Waals surface area contributed by atoms with Crippen LogP contribution in [0.2, 0.25) is 0 Å². The molecule has 0 bridgehead atoms. The van der Waals surface area contributed by atoms with Gasteiger partial charge in [-0.15, -0.1) is 0 Å². The Hall–Kier alpha value is -3.36. The van der Waals surface area contributed by atoms with Gasteiger partial charge in [-0.25, -0.2) is 9.59 Å². The largest absolute Gasteiger partial charge is 0.482 e. The van der Waals surface area contributed by atoms with Crippen LogP contribution in [0.1, 0.15) is 13.8 Å². The predicted molar refractivity (Wildman–Crippen MR) is 144 cm³/mol. The maximum absolute atomic E-state index is 11.5. The third-order valence-corrected chi connectivity index (χ3v) is 7.51. The number of carbonyl (C=O) groups is 2. The number of carbonyl (C=O) groups excluding carboxylic acids is 2. The zero-order chi connectivity index (χ0) is 25.3. The lowest BCUT2D eigenvalue weighted by atomic mass is 10.1. The average molecular weight is 523 g/mol. The zero-order valence-electron chi connectivity index (χ0n) is 20.0. The highest BCUT2D eigenvalue weighted by atomic mass is 33.1. The smallest absolute Gasteiger partial charge is 0.344 e. The van der Waals surface area contributed by atoms with Gasteiger partial charge in [0, 0.05) is 9.79 Å². The van der Waals surface area contributed by atoms with E-state index < -0.39 is 0 Å². The minimum atomic E-state index is -0.377. The normalized spacial score (nSPS) is 10.8. The molecule has 0 aliphatic carbocycles. The lowest BCUT2D eigenvalue weighted by molar-refractivity contribution is -0.146. The van der Waals surface area contributed by atoms with Crippen molar-refractivity contribution in [2.75, 3.05) is 26.4 Å². The van der Waals surface area contributed by atoms with Crippen molar-refractivity contribution in [1.29, 1.82) is 0 Å². The third kappa shape index (κ3) is 7.08. The van der Waals surface area contributed by atoms with E-state index in [1.165, 1.54) is 0 Å². The van der Waals surface area contributed by atoms with E-state index in [-0.39, 0.29) is 25.2 Å². The Kier molecular flexibility index (Phi) is 8.97. The minimum absolute atomic E-state index is 0.0996. The SMILES string of the molecule is CCOC(=O)COc1ccc2cc(SSc3ccc4cc(OCC(=O)OCC)ccc4c3)ccc2c1. The van der Waals surface area contributed by atoms with E-state index in [2.05, 4.69) is 24.3 Å². The molecule has 0 saturated carbocycles. The van der Waals surface area contributed by atoms with E-state index in [0.717, 1.165) is 31.3 Å². The van der Waals surface area contributed by atoms with Crippen molar-refractivity contribution in [2.45, 2.75) is 23.6 Å². The molecule has 186 valence electrons. The Morgan fingerprint density at radius 3 is 1.39 bits per heavy atom. The second-order valence-corrected chi connectivity index (χ2v) is 9.97.